The number of rotatable bonds is 5. The molecule has 1 N–H and O–H groups in total. The molecule has 0 bridgehead atoms. The zero-order chi connectivity index (χ0) is 18.0. The zero-order valence-electron chi connectivity index (χ0n) is 13.3. The monoisotopic (exact) mass is 384 g/mol. The molecule has 6 nitrogen and oxygen atoms in total. The van der Waals surface area contributed by atoms with Crippen molar-refractivity contribution in [3.8, 4) is 0 Å². The molecule has 1 aromatic carbocycles. The van der Waals surface area contributed by atoms with Crippen molar-refractivity contribution in [3.05, 3.63) is 47.1 Å². The number of hydrogen-bond donors (Lipinski definition) is 1. The number of carbonyl (C=O) groups is 1. The molecular weight excluding hydrogens is 367 g/mol. The molecule has 9 heteroatoms. The lowest BCUT2D eigenvalue weighted by Gasteiger charge is -2.35. The number of nitrogens with zero attached hydrogens (tertiary/aromatic N) is 2. The molecule has 0 aliphatic carbocycles. The van der Waals surface area contributed by atoms with Crippen molar-refractivity contribution in [2.24, 2.45) is 0 Å². The van der Waals surface area contributed by atoms with Crippen LogP contribution in [0.5, 0.6) is 0 Å². The van der Waals surface area contributed by atoms with E-state index < -0.39 is 16.0 Å². The lowest BCUT2D eigenvalue weighted by atomic mass is 10.2. The van der Waals surface area contributed by atoms with E-state index in [0.29, 0.717) is 23.7 Å². The minimum Gasteiger partial charge on any atom is -0.481 e. The number of sulfonamides is 1. The minimum absolute atomic E-state index is 0.142. The summed E-state index contributed by atoms with van der Waals surface area (Å²) in [6.45, 7) is 1.30. The minimum atomic E-state index is -3.65. The van der Waals surface area contributed by atoms with Crippen LogP contribution in [0.2, 0.25) is 0 Å². The number of carboxylic acids is 1. The Hall–Kier alpha value is -1.97. The number of thiophene rings is 1. The molecule has 0 unspecified atom stereocenters. The number of carboxylic acid groups (broad SMARTS) is 1. The molecule has 1 aliphatic heterocycles. The predicted molar refractivity (Wildman–Crippen MR) is 93.0 cm³/mol. The Kier molecular flexibility index (Phi) is 5.07. The number of piperazine rings is 1. The van der Waals surface area contributed by atoms with Gasteiger partial charge in [0.1, 0.15) is 10.0 Å². The summed E-state index contributed by atoms with van der Waals surface area (Å²) in [5.74, 6) is -1.32. The number of benzene rings is 1. The molecule has 1 aliphatic rings. The van der Waals surface area contributed by atoms with Crippen molar-refractivity contribution in [2.45, 2.75) is 10.6 Å². The molecule has 0 radical (unpaired) electrons. The molecule has 25 heavy (non-hydrogen) atoms. The SMILES string of the molecule is O=C(O)Cc1ccc(S(=O)(=O)N2CCN(c3ccccc3F)CC2)s1. The van der Waals surface area contributed by atoms with Gasteiger partial charge in [0.2, 0.25) is 0 Å². The van der Waals surface area contributed by atoms with E-state index >= 15 is 0 Å². The summed E-state index contributed by atoms with van der Waals surface area (Å²) in [6, 6.07) is 9.40. The standard InChI is InChI=1S/C16H17FN2O4S2/c17-13-3-1-2-4-14(13)18-7-9-19(10-8-18)25(22,23)16-6-5-12(24-16)11-15(20)21/h1-6H,7-11H2,(H,20,21). The van der Waals surface area contributed by atoms with E-state index in [0.717, 1.165) is 11.3 Å². The number of anilines is 1. The maximum atomic E-state index is 13.9. The highest BCUT2D eigenvalue weighted by Gasteiger charge is 2.30. The van der Waals surface area contributed by atoms with Crippen molar-refractivity contribution in [1.29, 1.82) is 0 Å². The summed E-state index contributed by atoms with van der Waals surface area (Å²) in [5.41, 5.74) is 0.472. The molecule has 1 saturated heterocycles. The second kappa shape index (κ2) is 7.11. The van der Waals surface area contributed by atoms with Gasteiger partial charge in [-0.15, -0.1) is 11.3 Å². The van der Waals surface area contributed by atoms with Gasteiger partial charge in [0, 0.05) is 31.1 Å². The third-order valence-electron chi connectivity index (χ3n) is 3.99. The molecule has 1 fully saturated rings. The fourth-order valence-corrected chi connectivity index (χ4v) is 5.67. The third kappa shape index (κ3) is 3.83. The van der Waals surface area contributed by atoms with Gasteiger partial charge in [-0.25, -0.2) is 12.8 Å². The number of hydrogen-bond acceptors (Lipinski definition) is 5. The number of para-hydroxylation sites is 1. The summed E-state index contributed by atoms with van der Waals surface area (Å²) in [5, 5.41) is 8.80. The van der Waals surface area contributed by atoms with Crippen LogP contribution in [0.1, 0.15) is 4.88 Å². The van der Waals surface area contributed by atoms with E-state index in [4.69, 9.17) is 5.11 Å². The van der Waals surface area contributed by atoms with Gasteiger partial charge in [-0.05, 0) is 24.3 Å². The molecule has 1 aromatic heterocycles. The van der Waals surface area contributed by atoms with E-state index in [-0.39, 0.29) is 29.5 Å². The molecule has 0 saturated carbocycles. The Morgan fingerprint density at radius 2 is 1.80 bits per heavy atom. The van der Waals surface area contributed by atoms with Crippen molar-refractivity contribution < 1.29 is 22.7 Å². The Morgan fingerprint density at radius 1 is 1.12 bits per heavy atom. The van der Waals surface area contributed by atoms with Gasteiger partial charge in [0.05, 0.1) is 12.1 Å². The van der Waals surface area contributed by atoms with Crippen LogP contribution < -0.4 is 4.90 Å². The van der Waals surface area contributed by atoms with Gasteiger partial charge in [0.15, 0.2) is 0 Å². The van der Waals surface area contributed by atoms with Gasteiger partial charge in [-0.2, -0.15) is 4.31 Å². The first kappa shape index (κ1) is 17.8. The van der Waals surface area contributed by atoms with Crippen LogP contribution in [0.15, 0.2) is 40.6 Å². The van der Waals surface area contributed by atoms with E-state index in [1.165, 1.54) is 22.5 Å². The quantitative estimate of drug-likeness (QED) is 0.853. The topological polar surface area (TPSA) is 77.9 Å². The largest absolute Gasteiger partial charge is 0.481 e. The number of halogens is 1. The highest BCUT2D eigenvalue weighted by atomic mass is 32.2. The van der Waals surface area contributed by atoms with Crippen molar-refractivity contribution >= 4 is 33.0 Å². The van der Waals surface area contributed by atoms with E-state index in [1.807, 2.05) is 4.90 Å². The zero-order valence-corrected chi connectivity index (χ0v) is 14.9. The fraction of sp³-hybridized carbons (Fsp3) is 0.312. The van der Waals surface area contributed by atoms with Gasteiger partial charge in [0.25, 0.3) is 10.0 Å². The summed E-state index contributed by atoms with van der Waals surface area (Å²) in [7, 11) is -3.65. The van der Waals surface area contributed by atoms with Crippen LogP contribution in [0, 0.1) is 5.82 Å². The van der Waals surface area contributed by atoms with E-state index in [2.05, 4.69) is 0 Å². The highest BCUT2D eigenvalue weighted by molar-refractivity contribution is 7.91. The Balaban J connectivity index is 1.70. The average Bonchev–Trinajstić information content (AvgIpc) is 3.04. The summed E-state index contributed by atoms with van der Waals surface area (Å²) in [4.78, 5) is 13.1. The molecule has 2 heterocycles. The molecule has 0 atom stereocenters. The molecule has 0 amide bonds. The van der Waals surface area contributed by atoms with Crippen LogP contribution in [0.4, 0.5) is 10.1 Å². The Labute approximate surface area is 149 Å². The summed E-state index contributed by atoms with van der Waals surface area (Å²) in [6.07, 6.45) is -0.193. The average molecular weight is 384 g/mol. The molecular formula is C16H17FN2O4S2. The second-order valence-corrected chi connectivity index (χ2v) is 8.97. The first-order chi connectivity index (χ1) is 11.9. The summed E-state index contributed by atoms with van der Waals surface area (Å²) >= 11 is 0.977. The first-order valence-electron chi connectivity index (χ1n) is 7.68. The fourth-order valence-electron chi connectivity index (χ4n) is 2.75. The molecule has 3 rings (SSSR count). The highest BCUT2D eigenvalue weighted by Crippen LogP contribution is 2.27. The van der Waals surface area contributed by atoms with Crippen LogP contribution >= 0.6 is 11.3 Å². The normalized spacial score (nSPS) is 16.1. The van der Waals surface area contributed by atoms with Crippen LogP contribution in [0.25, 0.3) is 0 Å². The van der Waals surface area contributed by atoms with Crippen molar-refractivity contribution in [1.82, 2.24) is 4.31 Å². The Morgan fingerprint density at radius 3 is 2.44 bits per heavy atom. The maximum Gasteiger partial charge on any atom is 0.308 e. The van der Waals surface area contributed by atoms with Gasteiger partial charge in [-0.1, -0.05) is 12.1 Å². The molecule has 134 valence electrons. The lowest BCUT2D eigenvalue weighted by molar-refractivity contribution is -0.136. The third-order valence-corrected chi connectivity index (χ3v) is 7.44. The second-order valence-electron chi connectivity index (χ2n) is 5.63. The number of aliphatic carboxylic acids is 1. The van der Waals surface area contributed by atoms with Gasteiger partial charge < -0.3 is 10.0 Å². The van der Waals surface area contributed by atoms with Crippen molar-refractivity contribution in [2.75, 3.05) is 31.1 Å². The van der Waals surface area contributed by atoms with Crippen LogP contribution in [-0.2, 0) is 21.2 Å². The van der Waals surface area contributed by atoms with Crippen molar-refractivity contribution in [3.63, 3.8) is 0 Å². The van der Waals surface area contributed by atoms with Gasteiger partial charge in [-0.3, -0.25) is 4.79 Å². The predicted octanol–water partition coefficient (Wildman–Crippen LogP) is 2.03. The van der Waals surface area contributed by atoms with Gasteiger partial charge >= 0.3 is 5.97 Å². The van der Waals surface area contributed by atoms with E-state index in [9.17, 15) is 17.6 Å². The molecule has 0 spiro atoms. The smallest absolute Gasteiger partial charge is 0.308 e. The summed E-state index contributed by atoms with van der Waals surface area (Å²) < 4.78 is 40.7. The lowest BCUT2D eigenvalue weighted by Crippen LogP contribution is -2.48. The van der Waals surface area contributed by atoms with Crippen LogP contribution in [0.3, 0.4) is 0 Å². The Bertz CT molecular complexity index is 874. The maximum absolute atomic E-state index is 13.9. The molecule has 2 aromatic rings. The van der Waals surface area contributed by atoms with E-state index in [1.54, 1.807) is 18.2 Å². The van der Waals surface area contributed by atoms with Crippen LogP contribution in [-0.4, -0.2) is 50.0 Å². The first-order valence-corrected chi connectivity index (χ1v) is 9.94.